The number of nitro groups is 1. The highest BCUT2D eigenvalue weighted by atomic mass is 16.7. The number of anilines is 1. The van der Waals surface area contributed by atoms with Gasteiger partial charge >= 0.3 is 0 Å². The molecule has 136 valence electrons. The zero-order chi connectivity index (χ0) is 19.1. The molecule has 2 heterocycles. The van der Waals surface area contributed by atoms with Crippen LogP contribution < -0.4 is 9.64 Å². The number of hydrogen-bond donors (Lipinski definition) is 0. The number of ether oxygens (including phenoxy) is 1. The number of nitro benzene ring substituents is 1. The topological polar surface area (TPSA) is 111 Å². The summed E-state index contributed by atoms with van der Waals surface area (Å²) in [6.07, 6.45) is -1.04. The van der Waals surface area contributed by atoms with Gasteiger partial charge in [0.2, 0.25) is 12.0 Å². The predicted molar refractivity (Wildman–Crippen MR) is 93.5 cm³/mol. The van der Waals surface area contributed by atoms with Crippen LogP contribution in [0.25, 0.3) is 0 Å². The van der Waals surface area contributed by atoms with E-state index in [1.54, 1.807) is 24.3 Å². The SMILES string of the molecule is COc1ccc(N2C(=O)C3ON=C(c4ccc([N+](=O)[O-])cc4)C3C2=O)cc1. The molecule has 2 unspecified atom stereocenters. The Morgan fingerprint density at radius 2 is 1.74 bits per heavy atom. The summed E-state index contributed by atoms with van der Waals surface area (Å²) in [7, 11) is 1.52. The van der Waals surface area contributed by atoms with E-state index in [2.05, 4.69) is 5.16 Å². The lowest BCUT2D eigenvalue weighted by Crippen LogP contribution is -2.33. The van der Waals surface area contributed by atoms with Gasteiger partial charge in [-0.05, 0) is 36.4 Å². The van der Waals surface area contributed by atoms with E-state index in [1.165, 1.54) is 31.4 Å². The van der Waals surface area contributed by atoms with Crippen molar-refractivity contribution in [1.82, 2.24) is 0 Å². The summed E-state index contributed by atoms with van der Waals surface area (Å²) in [5.74, 6) is -1.25. The molecule has 27 heavy (non-hydrogen) atoms. The molecule has 9 heteroatoms. The predicted octanol–water partition coefficient (Wildman–Crippen LogP) is 1.90. The average Bonchev–Trinajstić information content (AvgIpc) is 3.22. The quantitative estimate of drug-likeness (QED) is 0.463. The van der Waals surface area contributed by atoms with Gasteiger partial charge < -0.3 is 9.57 Å². The van der Waals surface area contributed by atoms with Crippen LogP contribution in [0.1, 0.15) is 5.56 Å². The summed E-state index contributed by atoms with van der Waals surface area (Å²) in [4.78, 5) is 42.1. The van der Waals surface area contributed by atoms with Gasteiger partial charge in [-0.1, -0.05) is 5.16 Å². The maximum absolute atomic E-state index is 12.9. The molecule has 0 bridgehead atoms. The van der Waals surface area contributed by atoms with Crippen LogP contribution >= 0.6 is 0 Å². The van der Waals surface area contributed by atoms with E-state index in [0.717, 1.165) is 4.90 Å². The Hall–Kier alpha value is -3.75. The molecule has 2 aromatic rings. The van der Waals surface area contributed by atoms with Gasteiger partial charge in [0.15, 0.2) is 0 Å². The van der Waals surface area contributed by atoms with Crippen LogP contribution in [-0.2, 0) is 14.4 Å². The van der Waals surface area contributed by atoms with Crippen LogP contribution in [0.15, 0.2) is 53.7 Å². The van der Waals surface area contributed by atoms with Crippen molar-refractivity contribution in [2.24, 2.45) is 11.1 Å². The third-order valence-electron chi connectivity index (χ3n) is 4.52. The van der Waals surface area contributed by atoms with Crippen molar-refractivity contribution >= 4 is 28.9 Å². The first-order valence-corrected chi connectivity index (χ1v) is 8.01. The van der Waals surface area contributed by atoms with Crippen LogP contribution in [0.5, 0.6) is 5.75 Å². The number of benzene rings is 2. The molecule has 0 aliphatic carbocycles. The van der Waals surface area contributed by atoms with Crippen LogP contribution in [0.3, 0.4) is 0 Å². The van der Waals surface area contributed by atoms with Gasteiger partial charge in [0.1, 0.15) is 17.4 Å². The van der Waals surface area contributed by atoms with Crippen molar-refractivity contribution in [2.45, 2.75) is 6.10 Å². The van der Waals surface area contributed by atoms with Gasteiger partial charge in [-0.15, -0.1) is 0 Å². The maximum Gasteiger partial charge on any atom is 0.278 e. The Bertz CT molecular complexity index is 968. The average molecular weight is 367 g/mol. The minimum atomic E-state index is -1.04. The van der Waals surface area contributed by atoms with E-state index >= 15 is 0 Å². The van der Waals surface area contributed by atoms with E-state index < -0.39 is 28.8 Å². The molecule has 2 atom stereocenters. The second-order valence-corrected chi connectivity index (χ2v) is 5.99. The minimum Gasteiger partial charge on any atom is -0.497 e. The number of carbonyl (C=O) groups is 2. The molecule has 2 aromatic carbocycles. The molecular formula is C18H13N3O6. The monoisotopic (exact) mass is 367 g/mol. The van der Waals surface area contributed by atoms with Crippen molar-refractivity contribution in [3.63, 3.8) is 0 Å². The molecule has 9 nitrogen and oxygen atoms in total. The van der Waals surface area contributed by atoms with Crippen molar-refractivity contribution in [2.75, 3.05) is 12.0 Å². The van der Waals surface area contributed by atoms with Crippen molar-refractivity contribution in [1.29, 1.82) is 0 Å². The number of oxime groups is 1. The van der Waals surface area contributed by atoms with E-state index in [4.69, 9.17) is 9.57 Å². The van der Waals surface area contributed by atoms with Gasteiger partial charge in [0.05, 0.1) is 17.7 Å². The first kappa shape index (κ1) is 16.7. The van der Waals surface area contributed by atoms with E-state index in [-0.39, 0.29) is 11.4 Å². The summed E-state index contributed by atoms with van der Waals surface area (Å²) in [5, 5.41) is 14.7. The van der Waals surface area contributed by atoms with Gasteiger partial charge in [-0.25, -0.2) is 4.90 Å². The molecule has 2 aliphatic rings. The lowest BCUT2D eigenvalue weighted by atomic mass is 9.94. The van der Waals surface area contributed by atoms with Gasteiger partial charge in [-0.3, -0.25) is 19.7 Å². The fourth-order valence-electron chi connectivity index (χ4n) is 3.16. The Labute approximate surface area is 152 Å². The Morgan fingerprint density at radius 1 is 1.07 bits per heavy atom. The number of amides is 2. The number of rotatable bonds is 4. The minimum absolute atomic E-state index is 0.0801. The highest BCUT2D eigenvalue weighted by Gasteiger charge is 2.56. The van der Waals surface area contributed by atoms with Crippen LogP contribution in [0, 0.1) is 16.0 Å². The van der Waals surface area contributed by atoms with E-state index in [1.807, 2.05) is 0 Å². The van der Waals surface area contributed by atoms with E-state index in [0.29, 0.717) is 17.0 Å². The first-order valence-electron chi connectivity index (χ1n) is 8.01. The van der Waals surface area contributed by atoms with E-state index in [9.17, 15) is 19.7 Å². The lowest BCUT2D eigenvalue weighted by Gasteiger charge is -2.15. The lowest BCUT2D eigenvalue weighted by molar-refractivity contribution is -0.384. The first-order chi connectivity index (χ1) is 13.0. The summed E-state index contributed by atoms with van der Waals surface area (Å²) in [6, 6.07) is 12.1. The molecule has 2 aliphatic heterocycles. The van der Waals surface area contributed by atoms with Gasteiger partial charge in [0.25, 0.3) is 11.6 Å². The molecule has 0 saturated carbocycles. The van der Waals surface area contributed by atoms with Crippen molar-refractivity contribution in [3.8, 4) is 5.75 Å². The second-order valence-electron chi connectivity index (χ2n) is 5.99. The fraction of sp³-hybridized carbons (Fsp3) is 0.167. The Kier molecular flexibility index (Phi) is 3.84. The largest absolute Gasteiger partial charge is 0.497 e. The highest BCUT2D eigenvalue weighted by molar-refractivity contribution is 6.32. The number of hydrogen-bond acceptors (Lipinski definition) is 7. The summed E-state index contributed by atoms with van der Waals surface area (Å²) in [5.41, 5.74) is 1.10. The molecule has 1 saturated heterocycles. The van der Waals surface area contributed by atoms with Crippen molar-refractivity contribution in [3.05, 3.63) is 64.2 Å². The molecule has 2 amide bonds. The number of non-ortho nitro benzene ring substituents is 1. The van der Waals surface area contributed by atoms with Crippen LogP contribution in [0.2, 0.25) is 0 Å². The summed E-state index contributed by atoms with van der Waals surface area (Å²) in [6.45, 7) is 0. The van der Waals surface area contributed by atoms with Crippen molar-refractivity contribution < 1.29 is 24.1 Å². The smallest absolute Gasteiger partial charge is 0.278 e. The van der Waals surface area contributed by atoms with Gasteiger partial charge in [0, 0.05) is 17.7 Å². The Balaban J connectivity index is 1.64. The Morgan fingerprint density at radius 3 is 2.33 bits per heavy atom. The number of carbonyl (C=O) groups excluding carboxylic acids is 2. The second kappa shape index (κ2) is 6.20. The molecule has 4 rings (SSSR count). The molecule has 0 radical (unpaired) electrons. The number of fused-ring (bicyclic) bond motifs is 1. The summed E-state index contributed by atoms with van der Waals surface area (Å²) >= 11 is 0. The molecule has 0 spiro atoms. The third kappa shape index (κ3) is 2.60. The van der Waals surface area contributed by atoms with Crippen LogP contribution in [-0.4, -0.2) is 35.7 Å². The molecule has 0 aromatic heterocycles. The highest BCUT2D eigenvalue weighted by Crippen LogP contribution is 2.35. The summed E-state index contributed by atoms with van der Waals surface area (Å²) < 4.78 is 5.08. The molecule has 1 fully saturated rings. The standard InChI is InChI=1S/C18H13N3O6/c1-26-13-8-6-11(7-9-13)20-17(22)14-15(19-27-16(14)18(20)23)10-2-4-12(5-3-10)21(24)25/h2-9,14,16H,1H3. The fourth-order valence-corrected chi connectivity index (χ4v) is 3.16. The number of methoxy groups -OCH3 is 1. The molecular weight excluding hydrogens is 354 g/mol. The normalized spacial score (nSPS) is 20.9. The zero-order valence-corrected chi connectivity index (χ0v) is 14.1. The number of imide groups is 1. The van der Waals surface area contributed by atoms with Crippen LogP contribution in [0.4, 0.5) is 11.4 Å². The maximum atomic E-state index is 12.9. The zero-order valence-electron chi connectivity index (χ0n) is 14.1. The third-order valence-corrected chi connectivity index (χ3v) is 4.52. The number of nitrogens with zero attached hydrogens (tertiary/aromatic N) is 3. The van der Waals surface area contributed by atoms with Gasteiger partial charge in [-0.2, -0.15) is 0 Å². The molecule has 0 N–H and O–H groups in total.